The number of hydrogen-bond acceptors (Lipinski definition) is 2. The summed E-state index contributed by atoms with van der Waals surface area (Å²) in [5.74, 6) is -0.664. The Morgan fingerprint density at radius 3 is 2.29 bits per heavy atom. The van der Waals surface area contributed by atoms with Gasteiger partial charge in [0, 0.05) is 11.1 Å². The van der Waals surface area contributed by atoms with Gasteiger partial charge in [-0.15, -0.1) is 0 Å². The van der Waals surface area contributed by atoms with Gasteiger partial charge < -0.3 is 10.6 Å². The van der Waals surface area contributed by atoms with Crippen molar-refractivity contribution < 1.29 is 9.59 Å². The van der Waals surface area contributed by atoms with E-state index in [2.05, 4.69) is 10.6 Å². The van der Waals surface area contributed by atoms with Crippen molar-refractivity contribution in [2.24, 2.45) is 5.41 Å². The van der Waals surface area contributed by atoms with E-state index in [0.29, 0.717) is 15.7 Å². The van der Waals surface area contributed by atoms with Crippen molar-refractivity contribution in [3.63, 3.8) is 0 Å². The van der Waals surface area contributed by atoms with Crippen LogP contribution in [-0.4, -0.2) is 17.9 Å². The number of carbonyl (C=O) groups excluding carboxylic acids is 2. The average Bonchev–Trinajstić information content (AvgIpc) is 2.79. The number of nitrogens with one attached hydrogen (secondary N) is 2. The maximum atomic E-state index is 12.6. The molecule has 24 heavy (non-hydrogen) atoms. The lowest BCUT2D eigenvalue weighted by Crippen LogP contribution is -2.48. The van der Waals surface area contributed by atoms with Crippen molar-refractivity contribution in [3.8, 4) is 0 Å². The highest BCUT2D eigenvalue weighted by Crippen LogP contribution is 2.28. The Hall–Kier alpha value is -1.26. The minimum absolute atomic E-state index is 0.154. The number of benzene rings is 1. The molecule has 0 spiro atoms. The summed E-state index contributed by atoms with van der Waals surface area (Å²) in [5, 5.41) is 6.59. The Morgan fingerprint density at radius 1 is 1.04 bits per heavy atom. The van der Waals surface area contributed by atoms with Gasteiger partial charge in [-0.1, -0.05) is 48.9 Å². The summed E-state index contributed by atoms with van der Waals surface area (Å²) in [4.78, 5) is 25.2. The molecule has 2 N–H and O–H groups in total. The van der Waals surface area contributed by atoms with Gasteiger partial charge in [0.15, 0.2) is 0 Å². The molecule has 0 bridgehead atoms. The van der Waals surface area contributed by atoms with Crippen LogP contribution in [0.5, 0.6) is 0 Å². The Balaban J connectivity index is 2.03. The predicted octanol–water partition coefficient (Wildman–Crippen LogP) is 4.80. The molecule has 2 amide bonds. The van der Waals surface area contributed by atoms with E-state index >= 15 is 0 Å². The normalized spacial score (nSPS) is 16.3. The molecule has 4 nitrogen and oxygen atoms in total. The summed E-state index contributed by atoms with van der Waals surface area (Å²) in [6, 6.07) is 4.98. The number of rotatable bonds is 4. The first-order valence-corrected chi connectivity index (χ1v) is 9.14. The summed E-state index contributed by atoms with van der Waals surface area (Å²) >= 11 is 12.0. The molecule has 0 aromatic heterocycles. The molecule has 132 valence electrons. The van der Waals surface area contributed by atoms with Gasteiger partial charge in [0.25, 0.3) is 0 Å². The average molecular weight is 371 g/mol. The minimum Gasteiger partial charge on any atom is -0.352 e. The zero-order valence-corrected chi connectivity index (χ0v) is 15.6. The highest BCUT2D eigenvalue weighted by atomic mass is 35.5. The Morgan fingerprint density at radius 2 is 1.67 bits per heavy atom. The summed E-state index contributed by atoms with van der Waals surface area (Å²) in [7, 11) is 0. The first-order valence-electron chi connectivity index (χ1n) is 8.38. The lowest BCUT2D eigenvalue weighted by atomic mass is 9.90. The van der Waals surface area contributed by atoms with Gasteiger partial charge >= 0.3 is 0 Å². The highest BCUT2D eigenvalue weighted by Gasteiger charge is 2.37. The summed E-state index contributed by atoms with van der Waals surface area (Å²) in [6.45, 7) is 3.24. The van der Waals surface area contributed by atoms with E-state index < -0.39 is 11.3 Å². The Bertz CT molecular complexity index is 609. The zero-order chi connectivity index (χ0) is 17.7. The van der Waals surface area contributed by atoms with Crippen LogP contribution in [0.3, 0.4) is 0 Å². The second-order valence-electron chi connectivity index (χ2n) is 6.87. The van der Waals surface area contributed by atoms with Crippen LogP contribution in [0.25, 0.3) is 0 Å². The molecule has 0 saturated heterocycles. The summed E-state index contributed by atoms with van der Waals surface area (Å²) < 4.78 is 0. The van der Waals surface area contributed by atoms with Gasteiger partial charge in [-0.2, -0.15) is 0 Å². The first kappa shape index (κ1) is 19.1. The van der Waals surface area contributed by atoms with Crippen molar-refractivity contribution in [1.29, 1.82) is 0 Å². The molecule has 0 aliphatic heterocycles. The third-order valence-electron chi connectivity index (χ3n) is 4.50. The van der Waals surface area contributed by atoms with Crippen LogP contribution in [0.15, 0.2) is 18.2 Å². The molecule has 1 aliphatic carbocycles. The number of carbonyl (C=O) groups is 2. The molecule has 1 aliphatic rings. The van der Waals surface area contributed by atoms with E-state index in [-0.39, 0.29) is 11.9 Å². The van der Waals surface area contributed by atoms with Gasteiger partial charge in [-0.3, -0.25) is 9.59 Å². The molecule has 0 atom stereocenters. The van der Waals surface area contributed by atoms with Crippen molar-refractivity contribution in [3.05, 3.63) is 28.2 Å². The second-order valence-corrected chi connectivity index (χ2v) is 7.71. The van der Waals surface area contributed by atoms with Crippen molar-refractivity contribution >= 4 is 40.7 Å². The van der Waals surface area contributed by atoms with Crippen molar-refractivity contribution in [1.82, 2.24) is 5.32 Å². The van der Waals surface area contributed by atoms with E-state index in [9.17, 15) is 9.59 Å². The molecule has 1 saturated carbocycles. The van der Waals surface area contributed by atoms with Crippen molar-refractivity contribution in [2.45, 2.75) is 58.4 Å². The van der Waals surface area contributed by atoms with Crippen LogP contribution in [0.4, 0.5) is 5.69 Å². The van der Waals surface area contributed by atoms with Crippen LogP contribution in [0, 0.1) is 5.41 Å². The molecule has 0 radical (unpaired) electrons. The van der Waals surface area contributed by atoms with Gasteiger partial charge in [-0.05, 0) is 44.9 Å². The standard InChI is InChI=1S/C18H24Cl2N2O2/c1-18(2,16(23)21-13-7-5-3-4-6-8-13)17(24)22-15-11-12(19)9-10-14(15)20/h9-11,13H,3-8H2,1-2H3,(H,21,23)(H,22,24). The quantitative estimate of drug-likeness (QED) is 0.590. The lowest BCUT2D eigenvalue weighted by Gasteiger charge is -2.26. The predicted molar refractivity (Wildman–Crippen MR) is 98.5 cm³/mol. The van der Waals surface area contributed by atoms with Gasteiger partial charge in [0.1, 0.15) is 5.41 Å². The summed E-state index contributed by atoms with van der Waals surface area (Å²) in [6.07, 6.45) is 6.62. The van der Waals surface area contributed by atoms with E-state index in [1.807, 2.05) is 0 Å². The number of hydrogen-bond donors (Lipinski definition) is 2. The summed E-state index contributed by atoms with van der Waals surface area (Å²) in [5.41, 5.74) is -0.790. The molecular weight excluding hydrogens is 347 g/mol. The fraction of sp³-hybridized carbons (Fsp3) is 0.556. The molecule has 1 aromatic rings. The van der Waals surface area contributed by atoms with Crippen LogP contribution in [0.2, 0.25) is 10.0 Å². The van der Waals surface area contributed by atoms with E-state index in [1.54, 1.807) is 32.0 Å². The molecular formula is C18H24Cl2N2O2. The third kappa shape index (κ3) is 4.87. The SMILES string of the molecule is CC(C)(C(=O)Nc1cc(Cl)ccc1Cl)C(=O)NC1CCCCCC1. The van der Waals surface area contributed by atoms with Gasteiger partial charge in [-0.25, -0.2) is 0 Å². The number of amides is 2. The molecule has 0 heterocycles. The molecule has 1 aromatic carbocycles. The van der Waals surface area contributed by atoms with Crippen LogP contribution in [0.1, 0.15) is 52.4 Å². The monoisotopic (exact) mass is 370 g/mol. The Labute approximate surface area is 153 Å². The molecule has 0 unspecified atom stereocenters. The maximum Gasteiger partial charge on any atom is 0.239 e. The smallest absolute Gasteiger partial charge is 0.239 e. The fourth-order valence-electron chi connectivity index (χ4n) is 2.76. The first-order chi connectivity index (χ1) is 11.3. The molecule has 1 fully saturated rings. The third-order valence-corrected chi connectivity index (χ3v) is 5.07. The number of halogens is 2. The topological polar surface area (TPSA) is 58.2 Å². The number of anilines is 1. The second kappa shape index (κ2) is 8.21. The van der Waals surface area contributed by atoms with E-state index in [4.69, 9.17) is 23.2 Å². The zero-order valence-electron chi connectivity index (χ0n) is 14.1. The van der Waals surface area contributed by atoms with Crippen molar-refractivity contribution in [2.75, 3.05) is 5.32 Å². The lowest BCUT2D eigenvalue weighted by molar-refractivity contribution is -0.138. The Kier molecular flexibility index (Phi) is 6.53. The largest absolute Gasteiger partial charge is 0.352 e. The fourth-order valence-corrected chi connectivity index (χ4v) is 3.10. The minimum atomic E-state index is -1.20. The molecule has 2 rings (SSSR count). The van der Waals surface area contributed by atoms with Gasteiger partial charge in [0.05, 0.1) is 10.7 Å². The van der Waals surface area contributed by atoms with Crippen LogP contribution >= 0.6 is 23.2 Å². The maximum absolute atomic E-state index is 12.6. The van der Waals surface area contributed by atoms with Crippen LogP contribution in [-0.2, 0) is 9.59 Å². The highest BCUT2D eigenvalue weighted by molar-refractivity contribution is 6.35. The molecule has 6 heteroatoms. The van der Waals surface area contributed by atoms with E-state index in [0.717, 1.165) is 25.7 Å². The van der Waals surface area contributed by atoms with Crippen LogP contribution < -0.4 is 10.6 Å². The van der Waals surface area contributed by atoms with E-state index in [1.165, 1.54) is 12.8 Å². The van der Waals surface area contributed by atoms with Gasteiger partial charge in [0.2, 0.25) is 11.8 Å².